The van der Waals surface area contributed by atoms with Crippen molar-refractivity contribution >= 4 is 79.5 Å². The standard InChI is InChI=1S/2C30H48O3S.Ca/c2*1-3-5-7-9-11-13-15-17-19-26-21-22-27-25-28(34(31,32)33)23-24-30(27)29(26)20-18-16-14-12-10-8-6-4-2;/h2*21-25H,3-20H2,1-2H3,(H,31,32,33);/q;;+2/p-2. The fourth-order valence-electron chi connectivity index (χ4n) is 9.97. The van der Waals surface area contributed by atoms with Crippen LogP contribution in [-0.4, -0.2) is 63.7 Å². The van der Waals surface area contributed by atoms with Crippen LogP contribution in [0.2, 0.25) is 0 Å². The van der Waals surface area contributed by atoms with Crippen LogP contribution in [0.4, 0.5) is 0 Å². The van der Waals surface area contributed by atoms with E-state index >= 15 is 0 Å². The Kier molecular flexibility index (Phi) is 35.1. The molecule has 0 bridgehead atoms. The monoisotopic (exact) mass is 1010 g/mol. The SMILES string of the molecule is CCCCCCCCCCc1ccc2cc(S(=O)(=O)[O-])ccc2c1CCCCCCCCCC.CCCCCCCCCCc1ccc2cc(S(=O)(=O)[O-])ccc2c1CCCCCCCCCC.[Ca+2]. The van der Waals surface area contributed by atoms with Crippen LogP contribution in [0.3, 0.4) is 0 Å². The fourth-order valence-corrected chi connectivity index (χ4v) is 11.0. The van der Waals surface area contributed by atoms with E-state index in [1.54, 1.807) is 12.1 Å². The second-order valence-electron chi connectivity index (χ2n) is 20.0. The van der Waals surface area contributed by atoms with Gasteiger partial charge in [0.15, 0.2) is 0 Å². The van der Waals surface area contributed by atoms with Crippen LogP contribution in [0.5, 0.6) is 0 Å². The number of aryl methyl sites for hydroxylation is 4. The minimum atomic E-state index is -4.43. The summed E-state index contributed by atoms with van der Waals surface area (Å²) in [5.74, 6) is 0. The second kappa shape index (κ2) is 38.1. The molecule has 4 aromatic carbocycles. The Morgan fingerprint density at radius 1 is 0.319 bits per heavy atom. The average Bonchev–Trinajstić information content (AvgIpc) is 3.32. The molecule has 0 heterocycles. The zero-order chi connectivity index (χ0) is 49.3. The van der Waals surface area contributed by atoms with Gasteiger partial charge in [-0.3, -0.25) is 0 Å². The zero-order valence-electron chi connectivity index (χ0n) is 44.2. The van der Waals surface area contributed by atoms with E-state index < -0.39 is 20.2 Å². The van der Waals surface area contributed by atoms with Crippen molar-refractivity contribution in [2.45, 2.75) is 269 Å². The van der Waals surface area contributed by atoms with Crippen molar-refractivity contribution in [2.75, 3.05) is 0 Å². The molecule has 0 aromatic heterocycles. The van der Waals surface area contributed by atoms with Crippen molar-refractivity contribution in [1.29, 1.82) is 0 Å². The van der Waals surface area contributed by atoms with E-state index in [2.05, 4.69) is 39.8 Å². The quantitative estimate of drug-likeness (QED) is 0.0251. The van der Waals surface area contributed by atoms with E-state index in [4.69, 9.17) is 0 Å². The molecule has 9 heteroatoms. The van der Waals surface area contributed by atoms with Crippen LogP contribution in [0.1, 0.15) is 255 Å². The summed E-state index contributed by atoms with van der Waals surface area (Å²) < 4.78 is 69.0. The molecule has 0 fully saturated rings. The van der Waals surface area contributed by atoms with Gasteiger partial charge in [0.05, 0.1) is 9.79 Å². The maximum Gasteiger partial charge on any atom is 2.00 e. The van der Waals surface area contributed by atoms with E-state index in [9.17, 15) is 25.9 Å². The number of unbranched alkanes of at least 4 members (excludes halogenated alkanes) is 28. The Balaban J connectivity index is 0.000000467. The van der Waals surface area contributed by atoms with Crippen LogP contribution in [0.25, 0.3) is 21.5 Å². The third kappa shape index (κ3) is 26.3. The van der Waals surface area contributed by atoms with Gasteiger partial charge >= 0.3 is 37.7 Å². The first-order valence-electron chi connectivity index (χ1n) is 27.9. The first kappa shape index (κ1) is 63.6. The molecule has 0 N–H and O–H groups in total. The zero-order valence-corrected chi connectivity index (χ0v) is 48.0. The van der Waals surface area contributed by atoms with Crippen LogP contribution < -0.4 is 0 Å². The van der Waals surface area contributed by atoms with Crippen LogP contribution in [0, 0.1) is 0 Å². The van der Waals surface area contributed by atoms with Gasteiger partial charge in [-0.05, 0) is 119 Å². The molecule has 69 heavy (non-hydrogen) atoms. The molecule has 0 radical (unpaired) electrons. The summed E-state index contributed by atoms with van der Waals surface area (Å²) in [4.78, 5) is -0.261. The second-order valence-corrected chi connectivity index (χ2v) is 22.7. The molecule has 0 spiro atoms. The molecule has 4 rings (SSSR count). The number of hydrogen-bond acceptors (Lipinski definition) is 6. The van der Waals surface area contributed by atoms with Gasteiger partial charge in [-0.2, -0.15) is 0 Å². The van der Waals surface area contributed by atoms with Gasteiger partial charge in [-0.1, -0.05) is 244 Å². The van der Waals surface area contributed by atoms with E-state index in [-0.39, 0.29) is 47.5 Å². The molecule has 0 saturated heterocycles. The molecular formula is C60H94CaO6S2. The van der Waals surface area contributed by atoms with Crippen molar-refractivity contribution in [1.82, 2.24) is 0 Å². The Hall–Kier alpha value is -1.52. The molecule has 0 aliphatic rings. The largest absolute Gasteiger partial charge is 2.00 e. The van der Waals surface area contributed by atoms with Crippen molar-refractivity contribution in [3.05, 3.63) is 82.9 Å². The number of fused-ring (bicyclic) bond motifs is 2. The smallest absolute Gasteiger partial charge is 0.744 e. The number of benzene rings is 4. The van der Waals surface area contributed by atoms with Crippen LogP contribution >= 0.6 is 0 Å². The minimum Gasteiger partial charge on any atom is -0.744 e. The molecule has 384 valence electrons. The minimum absolute atomic E-state index is 0. The molecule has 0 amide bonds. The van der Waals surface area contributed by atoms with Gasteiger partial charge in [0.25, 0.3) is 0 Å². The Bertz CT molecular complexity index is 2030. The molecule has 0 aliphatic heterocycles. The molecule has 0 unspecified atom stereocenters. The third-order valence-corrected chi connectivity index (χ3v) is 15.8. The van der Waals surface area contributed by atoms with Gasteiger partial charge in [-0.25, -0.2) is 16.8 Å². The van der Waals surface area contributed by atoms with Crippen molar-refractivity contribution in [3.63, 3.8) is 0 Å². The maximum absolute atomic E-state index is 11.5. The third-order valence-electron chi connectivity index (χ3n) is 14.1. The van der Waals surface area contributed by atoms with E-state index in [0.717, 1.165) is 47.2 Å². The van der Waals surface area contributed by atoms with E-state index in [1.807, 2.05) is 24.3 Å². The first-order valence-corrected chi connectivity index (χ1v) is 30.8. The average molecular weight is 1020 g/mol. The summed E-state index contributed by atoms with van der Waals surface area (Å²) in [5.41, 5.74) is 5.53. The van der Waals surface area contributed by atoms with E-state index in [1.165, 1.54) is 240 Å². The van der Waals surface area contributed by atoms with Crippen LogP contribution in [-0.2, 0) is 45.9 Å². The Morgan fingerprint density at radius 3 is 0.826 bits per heavy atom. The van der Waals surface area contributed by atoms with Crippen LogP contribution in [0.15, 0.2) is 70.5 Å². The molecule has 6 nitrogen and oxygen atoms in total. The summed E-state index contributed by atoms with van der Waals surface area (Å²) in [6.07, 6.45) is 46.0. The van der Waals surface area contributed by atoms with Gasteiger partial charge in [0.2, 0.25) is 0 Å². The summed E-state index contributed by atoms with van der Waals surface area (Å²) in [6.45, 7) is 9.03. The van der Waals surface area contributed by atoms with Crippen molar-refractivity contribution < 1.29 is 25.9 Å². The molecule has 4 aromatic rings. The number of hydrogen-bond donors (Lipinski definition) is 0. The van der Waals surface area contributed by atoms with Gasteiger partial charge in [0.1, 0.15) is 20.2 Å². The fraction of sp³-hybridized carbons (Fsp3) is 0.667. The predicted octanol–water partition coefficient (Wildman–Crippen LogP) is 17.8. The normalized spacial score (nSPS) is 11.8. The van der Waals surface area contributed by atoms with Gasteiger partial charge < -0.3 is 9.11 Å². The summed E-state index contributed by atoms with van der Waals surface area (Å²) >= 11 is 0. The maximum atomic E-state index is 11.5. The molecule has 0 atom stereocenters. The topological polar surface area (TPSA) is 114 Å². The molecule has 0 aliphatic carbocycles. The predicted molar refractivity (Wildman–Crippen MR) is 295 cm³/mol. The van der Waals surface area contributed by atoms with Gasteiger partial charge in [0, 0.05) is 0 Å². The molecule has 0 saturated carbocycles. The van der Waals surface area contributed by atoms with Gasteiger partial charge in [-0.15, -0.1) is 0 Å². The van der Waals surface area contributed by atoms with Crippen molar-refractivity contribution in [3.8, 4) is 0 Å². The summed E-state index contributed by atoms with van der Waals surface area (Å²) in [7, 11) is -8.86. The Labute approximate surface area is 453 Å². The Morgan fingerprint density at radius 2 is 0.565 bits per heavy atom. The van der Waals surface area contributed by atoms with Crippen molar-refractivity contribution in [2.24, 2.45) is 0 Å². The molecular weight excluding hydrogens is 921 g/mol. The van der Waals surface area contributed by atoms with E-state index in [0.29, 0.717) is 0 Å². The summed E-state index contributed by atoms with van der Waals surface area (Å²) in [5, 5.41) is 3.97. The number of rotatable bonds is 38. The first-order chi connectivity index (χ1) is 32.9. The summed E-state index contributed by atoms with van der Waals surface area (Å²) in [6, 6.07) is 18.1.